The maximum absolute atomic E-state index is 12.7. The fourth-order valence-electron chi connectivity index (χ4n) is 1.45. The molecule has 1 heterocycles. The molecule has 5 nitrogen and oxygen atoms in total. The van der Waals surface area contributed by atoms with Gasteiger partial charge in [0.2, 0.25) is 0 Å². The van der Waals surface area contributed by atoms with Gasteiger partial charge in [-0.1, -0.05) is 0 Å². The molecule has 0 aliphatic heterocycles. The first kappa shape index (κ1) is 16.0. The second-order valence-electron chi connectivity index (χ2n) is 3.64. The molecule has 1 aromatic rings. The van der Waals surface area contributed by atoms with Gasteiger partial charge in [0, 0.05) is 11.3 Å². The van der Waals surface area contributed by atoms with Crippen molar-refractivity contribution in [2.45, 2.75) is 26.4 Å². The molecular weight excluding hydrogens is 286 g/mol. The highest BCUT2D eigenvalue weighted by molar-refractivity contribution is 5.72. The Morgan fingerprint density at radius 1 is 1.40 bits per heavy atom. The van der Waals surface area contributed by atoms with Crippen molar-refractivity contribution in [1.29, 1.82) is 0 Å². The van der Waals surface area contributed by atoms with Crippen molar-refractivity contribution >= 4 is 5.97 Å². The Morgan fingerprint density at radius 2 is 2.05 bits per heavy atom. The summed E-state index contributed by atoms with van der Waals surface area (Å²) in [6.07, 6.45) is -5.50. The van der Waals surface area contributed by atoms with Gasteiger partial charge in [-0.05, 0) is 13.0 Å². The van der Waals surface area contributed by atoms with Gasteiger partial charge in [0.25, 0.3) is 5.56 Å². The Kier molecular flexibility index (Phi) is 5.12. The highest BCUT2D eigenvalue weighted by atomic mass is 19.4. The first-order valence-corrected chi connectivity index (χ1v) is 5.49. The number of rotatable bonds is 5. The number of hydrogen-bond donors (Lipinski definition) is 1. The molecule has 0 radical (unpaired) electrons. The third kappa shape index (κ3) is 4.56. The van der Waals surface area contributed by atoms with Crippen LogP contribution >= 0.6 is 0 Å². The minimum Gasteiger partial charge on any atom is -0.466 e. The standard InChI is InChI=1S/C11H11F4NO4/c1-2-19-8(17)4-7-3-6(5-12)9(10(18)16-7)20-11(13,14)15/h3H,2,4-5H2,1H3,(H,16,18). The fraction of sp³-hybridized carbons (Fsp3) is 0.455. The van der Waals surface area contributed by atoms with E-state index >= 15 is 0 Å². The lowest BCUT2D eigenvalue weighted by atomic mass is 10.2. The van der Waals surface area contributed by atoms with Crippen LogP contribution in [0.3, 0.4) is 0 Å². The monoisotopic (exact) mass is 297 g/mol. The van der Waals surface area contributed by atoms with Crippen LogP contribution in [-0.2, 0) is 22.6 Å². The maximum atomic E-state index is 12.7. The third-order valence-corrected chi connectivity index (χ3v) is 2.12. The summed E-state index contributed by atoms with van der Waals surface area (Å²) in [6, 6.07) is 0.916. The van der Waals surface area contributed by atoms with Crippen LogP contribution < -0.4 is 10.3 Å². The second kappa shape index (κ2) is 6.40. The number of H-pyrrole nitrogens is 1. The summed E-state index contributed by atoms with van der Waals surface area (Å²) >= 11 is 0. The van der Waals surface area contributed by atoms with Gasteiger partial charge in [-0.25, -0.2) is 4.39 Å². The van der Waals surface area contributed by atoms with E-state index in [4.69, 9.17) is 0 Å². The van der Waals surface area contributed by atoms with Crippen LogP contribution in [0, 0.1) is 0 Å². The molecule has 0 aliphatic carbocycles. The first-order chi connectivity index (χ1) is 9.26. The molecule has 0 atom stereocenters. The van der Waals surface area contributed by atoms with Gasteiger partial charge >= 0.3 is 12.3 Å². The lowest BCUT2D eigenvalue weighted by Gasteiger charge is -2.12. The predicted octanol–water partition coefficient (Wildman–Crippen LogP) is 1.85. The summed E-state index contributed by atoms with van der Waals surface area (Å²) in [5.41, 5.74) is -1.92. The van der Waals surface area contributed by atoms with Crippen molar-refractivity contribution in [3.05, 3.63) is 27.7 Å². The van der Waals surface area contributed by atoms with Gasteiger partial charge in [-0.3, -0.25) is 9.59 Å². The molecule has 0 fully saturated rings. The number of halogens is 4. The Morgan fingerprint density at radius 3 is 2.55 bits per heavy atom. The van der Waals surface area contributed by atoms with E-state index in [0.29, 0.717) is 0 Å². The highest BCUT2D eigenvalue weighted by Crippen LogP contribution is 2.24. The molecule has 0 bridgehead atoms. The summed E-state index contributed by atoms with van der Waals surface area (Å²) in [4.78, 5) is 24.6. The Bertz CT molecular complexity index is 538. The normalized spacial score (nSPS) is 11.2. The molecule has 0 spiro atoms. The predicted molar refractivity (Wildman–Crippen MR) is 58.9 cm³/mol. The van der Waals surface area contributed by atoms with Crippen LogP contribution in [0.15, 0.2) is 10.9 Å². The topological polar surface area (TPSA) is 68.4 Å². The van der Waals surface area contributed by atoms with Crippen molar-refractivity contribution in [2.75, 3.05) is 6.61 Å². The Balaban J connectivity index is 3.07. The van der Waals surface area contributed by atoms with Crippen molar-refractivity contribution in [3.8, 4) is 5.75 Å². The molecule has 1 aromatic heterocycles. The Hall–Kier alpha value is -2.06. The van der Waals surface area contributed by atoms with Crippen molar-refractivity contribution in [2.24, 2.45) is 0 Å². The van der Waals surface area contributed by atoms with Gasteiger partial charge in [-0.2, -0.15) is 0 Å². The third-order valence-electron chi connectivity index (χ3n) is 2.12. The van der Waals surface area contributed by atoms with Crippen LogP contribution in [0.5, 0.6) is 5.75 Å². The van der Waals surface area contributed by atoms with Gasteiger partial charge in [0.05, 0.1) is 13.0 Å². The fourth-order valence-corrected chi connectivity index (χ4v) is 1.45. The van der Waals surface area contributed by atoms with Crippen LogP contribution in [0.2, 0.25) is 0 Å². The van der Waals surface area contributed by atoms with Gasteiger partial charge in [0.15, 0.2) is 5.75 Å². The number of alkyl halides is 4. The zero-order chi connectivity index (χ0) is 15.3. The number of nitrogens with one attached hydrogen (secondary N) is 1. The molecule has 0 unspecified atom stereocenters. The molecule has 9 heteroatoms. The van der Waals surface area contributed by atoms with E-state index in [-0.39, 0.29) is 18.7 Å². The molecule has 0 amide bonds. The van der Waals surface area contributed by atoms with Crippen molar-refractivity contribution in [1.82, 2.24) is 4.98 Å². The number of aromatic nitrogens is 1. The Labute approximate surface area is 110 Å². The molecule has 0 aliphatic rings. The van der Waals surface area contributed by atoms with Crippen molar-refractivity contribution in [3.63, 3.8) is 0 Å². The molecule has 0 saturated carbocycles. The maximum Gasteiger partial charge on any atom is 0.573 e. The molecule has 0 aromatic carbocycles. The molecule has 20 heavy (non-hydrogen) atoms. The SMILES string of the molecule is CCOC(=O)Cc1cc(CF)c(OC(F)(F)F)c(=O)[nH]1. The minimum atomic E-state index is -5.11. The second-order valence-corrected chi connectivity index (χ2v) is 3.64. The van der Waals surface area contributed by atoms with E-state index in [0.717, 1.165) is 6.07 Å². The lowest BCUT2D eigenvalue weighted by Crippen LogP contribution is -2.25. The quantitative estimate of drug-likeness (QED) is 0.665. The number of carbonyl (C=O) groups is 1. The largest absolute Gasteiger partial charge is 0.573 e. The summed E-state index contributed by atoms with van der Waals surface area (Å²) in [6.45, 7) is 0.327. The number of pyridine rings is 1. The average molecular weight is 297 g/mol. The average Bonchev–Trinajstić information content (AvgIpc) is 2.31. The number of hydrogen-bond acceptors (Lipinski definition) is 4. The molecule has 0 saturated heterocycles. The molecule has 1 rings (SSSR count). The van der Waals surface area contributed by atoms with Crippen molar-refractivity contribution < 1.29 is 31.8 Å². The van der Waals surface area contributed by atoms with Gasteiger partial charge in [-0.15, -0.1) is 13.2 Å². The number of aromatic amines is 1. The molecule has 112 valence electrons. The first-order valence-electron chi connectivity index (χ1n) is 5.49. The summed E-state index contributed by atoms with van der Waals surface area (Å²) in [5.74, 6) is -1.87. The van der Waals surface area contributed by atoms with E-state index in [1.807, 2.05) is 4.98 Å². The van der Waals surface area contributed by atoms with E-state index in [1.165, 1.54) is 0 Å². The van der Waals surface area contributed by atoms with Crippen LogP contribution in [0.25, 0.3) is 0 Å². The van der Waals surface area contributed by atoms with E-state index in [1.54, 1.807) is 6.92 Å². The van der Waals surface area contributed by atoms with E-state index in [9.17, 15) is 27.2 Å². The smallest absolute Gasteiger partial charge is 0.466 e. The summed E-state index contributed by atoms with van der Waals surface area (Å²) in [7, 11) is 0. The zero-order valence-electron chi connectivity index (χ0n) is 10.3. The highest BCUT2D eigenvalue weighted by Gasteiger charge is 2.33. The lowest BCUT2D eigenvalue weighted by molar-refractivity contribution is -0.275. The van der Waals surface area contributed by atoms with Gasteiger partial charge in [0.1, 0.15) is 6.67 Å². The van der Waals surface area contributed by atoms with E-state index in [2.05, 4.69) is 9.47 Å². The number of esters is 1. The zero-order valence-corrected chi connectivity index (χ0v) is 10.3. The minimum absolute atomic E-state index is 0.0596. The van der Waals surface area contributed by atoms with Crippen LogP contribution in [0.4, 0.5) is 17.6 Å². The molecular formula is C11H11F4NO4. The van der Waals surface area contributed by atoms with Crippen LogP contribution in [0.1, 0.15) is 18.2 Å². The van der Waals surface area contributed by atoms with Crippen LogP contribution in [-0.4, -0.2) is 23.9 Å². The number of ether oxygens (including phenoxy) is 2. The van der Waals surface area contributed by atoms with E-state index < -0.39 is 35.9 Å². The van der Waals surface area contributed by atoms with Gasteiger partial charge < -0.3 is 14.5 Å². The molecule has 1 N–H and O–H groups in total. The number of carbonyl (C=O) groups excluding carboxylic acids is 1. The summed E-state index contributed by atoms with van der Waals surface area (Å²) in [5, 5.41) is 0. The summed E-state index contributed by atoms with van der Waals surface area (Å²) < 4.78 is 57.0.